The zero-order valence-electron chi connectivity index (χ0n) is 10.0. The lowest BCUT2D eigenvalue weighted by molar-refractivity contribution is 0.351. The first-order valence-electron chi connectivity index (χ1n) is 5.69. The molecule has 0 heterocycles. The Balaban J connectivity index is 2.11. The van der Waals surface area contributed by atoms with Crippen LogP contribution in [-0.2, 0) is 0 Å². The zero-order chi connectivity index (χ0) is 11.8. The maximum atomic E-state index is 3.58. The van der Waals surface area contributed by atoms with Gasteiger partial charge in [0.05, 0.1) is 0 Å². The number of nitrogens with zero attached hydrogens (tertiary/aromatic N) is 1. The van der Waals surface area contributed by atoms with E-state index in [0.29, 0.717) is 4.83 Å². The SMILES string of the molecule is CC(Br)CCN(C)CCSc1ccccc1. The Morgan fingerprint density at radius 2 is 1.94 bits per heavy atom. The molecule has 0 saturated heterocycles. The van der Waals surface area contributed by atoms with Gasteiger partial charge in [0, 0.05) is 22.0 Å². The molecule has 1 nitrogen and oxygen atoms in total. The van der Waals surface area contributed by atoms with Gasteiger partial charge in [0.25, 0.3) is 0 Å². The maximum Gasteiger partial charge on any atom is 0.0129 e. The van der Waals surface area contributed by atoms with E-state index < -0.39 is 0 Å². The maximum absolute atomic E-state index is 3.58. The number of hydrogen-bond acceptors (Lipinski definition) is 2. The van der Waals surface area contributed by atoms with Crippen molar-refractivity contribution in [2.45, 2.75) is 23.1 Å². The van der Waals surface area contributed by atoms with E-state index in [1.165, 1.54) is 17.9 Å². The normalized spacial score (nSPS) is 13.0. The van der Waals surface area contributed by atoms with Crippen LogP contribution in [0.5, 0.6) is 0 Å². The van der Waals surface area contributed by atoms with Crippen LogP contribution in [0.2, 0.25) is 0 Å². The summed E-state index contributed by atoms with van der Waals surface area (Å²) in [4.78, 5) is 4.38. The Labute approximate surface area is 112 Å². The lowest BCUT2D eigenvalue weighted by Gasteiger charge is -2.16. The minimum absolute atomic E-state index is 0.622. The Kier molecular flexibility index (Phi) is 7.17. The topological polar surface area (TPSA) is 3.24 Å². The number of rotatable bonds is 7. The van der Waals surface area contributed by atoms with E-state index in [1.807, 2.05) is 11.8 Å². The van der Waals surface area contributed by atoms with Crippen molar-refractivity contribution in [2.75, 3.05) is 25.9 Å². The van der Waals surface area contributed by atoms with Gasteiger partial charge in [-0.25, -0.2) is 0 Å². The smallest absolute Gasteiger partial charge is 0.0129 e. The molecule has 0 bridgehead atoms. The number of hydrogen-bond donors (Lipinski definition) is 0. The zero-order valence-corrected chi connectivity index (χ0v) is 12.4. The fourth-order valence-corrected chi connectivity index (χ4v) is 2.54. The average molecular weight is 302 g/mol. The van der Waals surface area contributed by atoms with Crippen LogP contribution in [0.4, 0.5) is 0 Å². The van der Waals surface area contributed by atoms with Crippen molar-refractivity contribution in [3.8, 4) is 0 Å². The predicted octanol–water partition coefficient (Wildman–Crippen LogP) is 3.88. The third-order valence-electron chi connectivity index (χ3n) is 2.39. The van der Waals surface area contributed by atoms with E-state index in [2.05, 4.69) is 65.1 Å². The molecule has 0 spiro atoms. The molecule has 16 heavy (non-hydrogen) atoms. The molecular formula is C13H20BrNS. The summed E-state index contributed by atoms with van der Waals surface area (Å²) in [6, 6.07) is 10.6. The molecule has 0 saturated carbocycles. The molecule has 90 valence electrons. The molecule has 0 N–H and O–H groups in total. The van der Waals surface area contributed by atoms with Gasteiger partial charge in [-0.05, 0) is 32.1 Å². The summed E-state index contributed by atoms with van der Waals surface area (Å²) in [5, 5.41) is 0. The standard InChI is InChI=1S/C13H20BrNS/c1-12(14)8-9-15(2)10-11-16-13-6-4-3-5-7-13/h3-7,12H,8-11H2,1-2H3. The lowest BCUT2D eigenvalue weighted by Crippen LogP contribution is -2.23. The number of benzene rings is 1. The summed E-state index contributed by atoms with van der Waals surface area (Å²) in [6.45, 7) is 4.52. The highest BCUT2D eigenvalue weighted by Gasteiger charge is 2.01. The van der Waals surface area contributed by atoms with Gasteiger partial charge in [0.2, 0.25) is 0 Å². The quantitative estimate of drug-likeness (QED) is 0.555. The first-order chi connectivity index (χ1) is 7.68. The molecule has 0 aromatic heterocycles. The van der Waals surface area contributed by atoms with Gasteiger partial charge in [-0.3, -0.25) is 0 Å². The molecule has 0 fully saturated rings. The fraction of sp³-hybridized carbons (Fsp3) is 0.538. The van der Waals surface area contributed by atoms with Crippen molar-refractivity contribution < 1.29 is 0 Å². The lowest BCUT2D eigenvalue weighted by atomic mass is 10.3. The minimum Gasteiger partial charge on any atom is -0.305 e. The van der Waals surface area contributed by atoms with Crippen LogP contribution < -0.4 is 0 Å². The fourth-order valence-electron chi connectivity index (χ4n) is 1.35. The Bertz CT molecular complexity index is 277. The number of alkyl halides is 1. The summed E-state index contributed by atoms with van der Waals surface area (Å²) in [5.74, 6) is 1.16. The molecule has 1 rings (SSSR count). The Hall–Kier alpha value is 0.0100. The van der Waals surface area contributed by atoms with Crippen molar-refractivity contribution in [3.63, 3.8) is 0 Å². The van der Waals surface area contributed by atoms with Crippen molar-refractivity contribution in [3.05, 3.63) is 30.3 Å². The van der Waals surface area contributed by atoms with Crippen LogP contribution in [0.3, 0.4) is 0 Å². The van der Waals surface area contributed by atoms with Gasteiger partial charge in [0.1, 0.15) is 0 Å². The van der Waals surface area contributed by atoms with Gasteiger partial charge in [-0.2, -0.15) is 0 Å². The van der Waals surface area contributed by atoms with Gasteiger partial charge in [-0.1, -0.05) is 41.1 Å². The summed E-state index contributed by atoms with van der Waals surface area (Å²) in [5.41, 5.74) is 0. The van der Waals surface area contributed by atoms with Gasteiger partial charge < -0.3 is 4.90 Å². The minimum atomic E-state index is 0.622. The van der Waals surface area contributed by atoms with Crippen LogP contribution in [0.1, 0.15) is 13.3 Å². The highest BCUT2D eigenvalue weighted by atomic mass is 79.9. The van der Waals surface area contributed by atoms with Crippen LogP contribution in [0.25, 0.3) is 0 Å². The summed E-state index contributed by atoms with van der Waals surface area (Å²) in [7, 11) is 2.20. The van der Waals surface area contributed by atoms with Crippen molar-refractivity contribution in [2.24, 2.45) is 0 Å². The molecule has 1 unspecified atom stereocenters. The van der Waals surface area contributed by atoms with E-state index in [-0.39, 0.29) is 0 Å². The molecule has 1 aromatic carbocycles. The molecule has 1 atom stereocenters. The van der Waals surface area contributed by atoms with E-state index in [4.69, 9.17) is 0 Å². The molecule has 0 aliphatic carbocycles. The highest BCUT2D eigenvalue weighted by Crippen LogP contribution is 2.16. The van der Waals surface area contributed by atoms with E-state index in [9.17, 15) is 0 Å². The third-order valence-corrected chi connectivity index (χ3v) is 3.84. The molecule has 1 aromatic rings. The predicted molar refractivity (Wildman–Crippen MR) is 77.7 cm³/mol. The van der Waals surface area contributed by atoms with Gasteiger partial charge in [-0.15, -0.1) is 11.8 Å². The molecule has 0 radical (unpaired) electrons. The molecule has 0 amide bonds. The first-order valence-corrected chi connectivity index (χ1v) is 7.59. The Morgan fingerprint density at radius 3 is 2.56 bits per heavy atom. The van der Waals surface area contributed by atoms with E-state index >= 15 is 0 Å². The second-order valence-electron chi connectivity index (χ2n) is 4.03. The average Bonchev–Trinajstić information content (AvgIpc) is 2.28. The monoisotopic (exact) mass is 301 g/mol. The van der Waals surface area contributed by atoms with Crippen LogP contribution in [0.15, 0.2) is 35.2 Å². The first kappa shape index (κ1) is 14.1. The summed E-state index contributed by atoms with van der Waals surface area (Å²) < 4.78 is 0. The Morgan fingerprint density at radius 1 is 1.25 bits per heavy atom. The second kappa shape index (κ2) is 8.15. The van der Waals surface area contributed by atoms with Crippen molar-refractivity contribution in [1.82, 2.24) is 4.90 Å². The molecule has 0 aliphatic rings. The molecule has 3 heteroatoms. The second-order valence-corrected chi connectivity index (χ2v) is 6.77. The van der Waals surface area contributed by atoms with Gasteiger partial charge >= 0.3 is 0 Å². The van der Waals surface area contributed by atoms with Crippen LogP contribution in [-0.4, -0.2) is 35.6 Å². The summed E-state index contributed by atoms with van der Waals surface area (Å²) >= 11 is 5.51. The number of halogens is 1. The van der Waals surface area contributed by atoms with Crippen LogP contribution >= 0.6 is 27.7 Å². The van der Waals surface area contributed by atoms with Crippen molar-refractivity contribution >= 4 is 27.7 Å². The van der Waals surface area contributed by atoms with Crippen molar-refractivity contribution in [1.29, 1.82) is 0 Å². The summed E-state index contributed by atoms with van der Waals surface area (Å²) in [6.07, 6.45) is 1.21. The molecule has 0 aliphatic heterocycles. The van der Waals surface area contributed by atoms with E-state index in [0.717, 1.165) is 12.3 Å². The van der Waals surface area contributed by atoms with Crippen LogP contribution in [0, 0.1) is 0 Å². The van der Waals surface area contributed by atoms with E-state index in [1.54, 1.807) is 0 Å². The third kappa shape index (κ3) is 6.56. The van der Waals surface area contributed by atoms with Gasteiger partial charge in [0.15, 0.2) is 0 Å². The highest BCUT2D eigenvalue weighted by molar-refractivity contribution is 9.09. The number of thioether (sulfide) groups is 1. The largest absolute Gasteiger partial charge is 0.305 e. The molecular weight excluding hydrogens is 282 g/mol.